The second kappa shape index (κ2) is 15.2. The highest BCUT2D eigenvalue weighted by Gasteiger charge is 2.17. The Balaban J connectivity index is 0.00000129. The van der Waals surface area contributed by atoms with E-state index < -0.39 is 0 Å². The Labute approximate surface area is 246 Å². The number of nitrogens with one attached hydrogen (secondary N) is 1. The van der Waals surface area contributed by atoms with Crippen molar-refractivity contribution in [1.29, 1.82) is 0 Å². The van der Waals surface area contributed by atoms with Gasteiger partial charge in [0.05, 0.1) is 55.3 Å². The minimum absolute atomic E-state index is 0.250. The van der Waals surface area contributed by atoms with E-state index >= 15 is 0 Å². The molecule has 0 aliphatic heterocycles. The quantitative estimate of drug-likeness (QED) is 0.168. The average Bonchev–Trinajstić information content (AvgIpc) is 3.66. The fourth-order valence-electron chi connectivity index (χ4n) is 3.85. The molecule has 0 unspecified atom stereocenters. The number of methoxy groups -OCH3 is 1. The zero-order chi connectivity index (χ0) is 29.7. The normalized spacial score (nSPS) is 10.5. The molecule has 5 aromatic rings. The van der Waals surface area contributed by atoms with E-state index in [-0.39, 0.29) is 18.1 Å². The molecule has 12 nitrogen and oxygen atoms in total. The number of hydrogen-bond acceptors (Lipinski definition) is 8. The summed E-state index contributed by atoms with van der Waals surface area (Å²) < 4.78 is 14.0. The fourth-order valence-corrected chi connectivity index (χ4v) is 4.03. The van der Waals surface area contributed by atoms with Crippen LogP contribution in [0.15, 0.2) is 85.5 Å². The minimum Gasteiger partial charge on any atom is -0.483 e. The van der Waals surface area contributed by atoms with Gasteiger partial charge in [0, 0.05) is 36.3 Å². The summed E-state index contributed by atoms with van der Waals surface area (Å²) in [5.74, 6) is -0.368. The van der Waals surface area contributed by atoms with E-state index in [9.17, 15) is 4.79 Å². The van der Waals surface area contributed by atoms with Gasteiger partial charge in [0.2, 0.25) is 0 Å². The van der Waals surface area contributed by atoms with Crippen molar-refractivity contribution in [2.24, 2.45) is 0 Å². The van der Waals surface area contributed by atoms with Crippen molar-refractivity contribution in [2.45, 2.75) is 6.54 Å². The van der Waals surface area contributed by atoms with Gasteiger partial charge in [-0.3, -0.25) is 19.3 Å². The Morgan fingerprint density at radius 2 is 1.86 bits per heavy atom. The summed E-state index contributed by atoms with van der Waals surface area (Å²) in [6.07, 6.45) is 6.99. The monoisotopic (exact) mass is 589 g/mol. The topological polar surface area (TPSA) is 146 Å². The number of aromatic nitrogens is 6. The maximum Gasteiger partial charge on any atom is 0.290 e. The lowest BCUT2D eigenvalue weighted by molar-refractivity contribution is -0.122. The number of amides is 1. The molecule has 4 heterocycles. The van der Waals surface area contributed by atoms with Gasteiger partial charge in [0.15, 0.2) is 0 Å². The predicted molar refractivity (Wildman–Crippen MR) is 157 cm³/mol. The van der Waals surface area contributed by atoms with Crippen LogP contribution in [0, 0.1) is 0 Å². The molecule has 13 heteroatoms. The third-order valence-electron chi connectivity index (χ3n) is 5.75. The van der Waals surface area contributed by atoms with E-state index in [2.05, 4.69) is 25.5 Å². The molecule has 0 saturated heterocycles. The highest BCUT2D eigenvalue weighted by atomic mass is 35.5. The molecule has 216 valence electrons. The van der Waals surface area contributed by atoms with Crippen molar-refractivity contribution >= 4 is 29.7 Å². The standard InChI is InChI=1S/C28H26ClN7O3.CH2O2/c1-38-14-15-39-13-12-35-19-26(27(34-35)24-8-2-3-11-30-24)33-28(37)25-10-5-9-23(32-25)20-17-31-36(18-20)22-7-4-6-21(29)16-22;2-1-3/h2-11,16-19H,12-15H2,1H3,(H,33,37);1H,(H,2,3). The number of pyridine rings is 2. The molecular weight excluding hydrogens is 562 g/mol. The van der Waals surface area contributed by atoms with Crippen LogP contribution >= 0.6 is 11.6 Å². The number of anilines is 1. The van der Waals surface area contributed by atoms with Crippen LogP contribution < -0.4 is 5.32 Å². The van der Waals surface area contributed by atoms with Gasteiger partial charge in [-0.25, -0.2) is 9.67 Å². The molecule has 4 aromatic heterocycles. The van der Waals surface area contributed by atoms with Crippen LogP contribution in [0.4, 0.5) is 5.69 Å². The number of carboxylic acid groups (broad SMARTS) is 1. The largest absolute Gasteiger partial charge is 0.483 e. The number of carbonyl (C=O) groups is 2. The Kier molecular flexibility index (Phi) is 10.9. The Hall–Kier alpha value is -4.91. The summed E-state index contributed by atoms with van der Waals surface area (Å²) >= 11 is 6.12. The molecule has 0 aliphatic rings. The van der Waals surface area contributed by atoms with E-state index in [1.165, 1.54) is 0 Å². The highest BCUT2D eigenvalue weighted by Crippen LogP contribution is 2.26. The van der Waals surface area contributed by atoms with Crippen LogP contribution in [0.1, 0.15) is 10.5 Å². The number of carbonyl (C=O) groups excluding carboxylic acids is 1. The molecule has 42 heavy (non-hydrogen) atoms. The van der Waals surface area contributed by atoms with E-state index in [0.29, 0.717) is 54.2 Å². The summed E-state index contributed by atoms with van der Waals surface area (Å²) in [6.45, 7) is 1.72. The zero-order valence-corrected chi connectivity index (χ0v) is 23.4. The van der Waals surface area contributed by atoms with Crippen molar-refractivity contribution in [1.82, 2.24) is 29.5 Å². The molecular formula is C29H28ClN7O5. The molecule has 0 aliphatic carbocycles. The van der Waals surface area contributed by atoms with Crippen molar-refractivity contribution in [3.63, 3.8) is 0 Å². The van der Waals surface area contributed by atoms with Crippen LogP contribution in [0.3, 0.4) is 0 Å². The van der Waals surface area contributed by atoms with Gasteiger partial charge in [0.25, 0.3) is 12.4 Å². The number of ether oxygens (including phenoxy) is 2. The van der Waals surface area contributed by atoms with Gasteiger partial charge in [-0.15, -0.1) is 0 Å². The fraction of sp³-hybridized carbons (Fsp3) is 0.172. The lowest BCUT2D eigenvalue weighted by Crippen LogP contribution is -2.14. The molecule has 5 rings (SSSR count). The Bertz CT molecular complexity index is 1610. The van der Waals surface area contributed by atoms with E-state index in [4.69, 9.17) is 31.0 Å². The molecule has 0 spiro atoms. The van der Waals surface area contributed by atoms with Gasteiger partial charge < -0.3 is 19.9 Å². The van der Waals surface area contributed by atoms with E-state index in [1.807, 2.05) is 48.7 Å². The van der Waals surface area contributed by atoms with Gasteiger partial charge in [-0.05, 0) is 42.5 Å². The van der Waals surface area contributed by atoms with Crippen molar-refractivity contribution < 1.29 is 24.2 Å². The molecule has 0 radical (unpaired) electrons. The first-order chi connectivity index (χ1) is 20.5. The van der Waals surface area contributed by atoms with Crippen LogP contribution in [0.25, 0.3) is 28.3 Å². The first-order valence-corrected chi connectivity index (χ1v) is 13.1. The third-order valence-corrected chi connectivity index (χ3v) is 5.98. The van der Waals surface area contributed by atoms with Crippen LogP contribution in [-0.4, -0.2) is 73.9 Å². The number of hydrogen-bond donors (Lipinski definition) is 2. The summed E-state index contributed by atoms with van der Waals surface area (Å²) in [5.41, 5.74) is 4.18. The zero-order valence-electron chi connectivity index (χ0n) is 22.6. The molecule has 0 fully saturated rings. The summed E-state index contributed by atoms with van der Waals surface area (Å²) in [7, 11) is 1.63. The van der Waals surface area contributed by atoms with Gasteiger partial charge in [0.1, 0.15) is 11.4 Å². The number of nitrogens with zero attached hydrogens (tertiary/aromatic N) is 6. The summed E-state index contributed by atoms with van der Waals surface area (Å²) in [6, 6.07) is 18.2. The molecule has 1 aromatic carbocycles. The van der Waals surface area contributed by atoms with Gasteiger partial charge >= 0.3 is 0 Å². The smallest absolute Gasteiger partial charge is 0.290 e. The van der Waals surface area contributed by atoms with Crippen LogP contribution in [-0.2, 0) is 20.8 Å². The van der Waals surface area contributed by atoms with Crippen LogP contribution in [0.2, 0.25) is 5.02 Å². The number of rotatable bonds is 11. The summed E-state index contributed by atoms with van der Waals surface area (Å²) in [4.78, 5) is 30.6. The van der Waals surface area contributed by atoms with E-state index in [0.717, 1.165) is 11.3 Å². The maximum atomic E-state index is 13.3. The lowest BCUT2D eigenvalue weighted by Gasteiger charge is -2.06. The number of benzene rings is 1. The van der Waals surface area contributed by atoms with E-state index in [1.54, 1.807) is 53.3 Å². The van der Waals surface area contributed by atoms with Crippen molar-refractivity contribution in [2.75, 3.05) is 32.2 Å². The van der Waals surface area contributed by atoms with Crippen molar-refractivity contribution in [3.8, 4) is 28.3 Å². The van der Waals surface area contributed by atoms with Crippen molar-refractivity contribution in [3.05, 3.63) is 96.2 Å². The molecule has 0 atom stereocenters. The second-order valence-electron chi connectivity index (χ2n) is 8.60. The first-order valence-electron chi connectivity index (χ1n) is 12.7. The van der Waals surface area contributed by atoms with Crippen LogP contribution in [0.5, 0.6) is 0 Å². The molecule has 0 saturated carbocycles. The molecule has 0 bridgehead atoms. The van der Waals surface area contributed by atoms with Gasteiger partial charge in [-0.1, -0.05) is 29.8 Å². The highest BCUT2D eigenvalue weighted by molar-refractivity contribution is 6.30. The third kappa shape index (κ3) is 8.07. The second-order valence-corrected chi connectivity index (χ2v) is 9.03. The summed E-state index contributed by atoms with van der Waals surface area (Å²) in [5, 5.41) is 19.5. The maximum absolute atomic E-state index is 13.3. The SMILES string of the molecule is COCCOCCn1cc(NC(=O)c2cccc(-c3cnn(-c4cccc(Cl)c4)c3)n2)c(-c2ccccn2)n1.O=CO. The van der Waals surface area contributed by atoms with Gasteiger partial charge in [-0.2, -0.15) is 10.2 Å². The minimum atomic E-state index is -0.368. The molecule has 1 amide bonds. The average molecular weight is 590 g/mol. The Morgan fingerprint density at radius 3 is 2.62 bits per heavy atom. The Morgan fingerprint density at radius 1 is 1.05 bits per heavy atom. The predicted octanol–water partition coefficient (Wildman–Crippen LogP) is 4.46. The molecule has 2 N–H and O–H groups in total. The lowest BCUT2D eigenvalue weighted by atomic mass is 10.2. The number of halogens is 1. The first kappa shape index (κ1) is 30.1.